The minimum Gasteiger partial charge on any atom is -0.351 e. The molecule has 3 N–H and O–H groups in total. The van der Waals surface area contributed by atoms with Crippen molar-refractivity contribution >= 4 is 57.4 Å². The first kappa shape index (κ1) is 11.6. The van der Waals surface area contributed by atoms with Crippen LogP contribution in [0.25, 0.3) is 0 Å². The first-order valence-corrected chi connectivity index (χ1v) is 3.54. The normalized spacial score (nSPS) is 16.2. The largest absolute Gasteiger partial charge is 0.351 e. The van der Waals surface area contributed by atoms with Gasteiger partial charge in [0, 0.05) is 57.1 Å². The summed E-state index contributed by atoms with van der Waals surface area (Å²) in [5, 5.41) is 2.58. The van der Waals surface area contributed by atoms with Gasteiger partial charge < -0.3 is 11.1 Å². The minimum absolute atomic E-state index is 0. The maximum Gasteiger partial charge on any atom is 0.316 e. The Hall–Kier alpha value is 0.646. The Morgan fingerprint density at radius 1 is 1.55 bits per heavy atom. The maximum atomic E-state index is 10.3. The molecule has 1 aliphatic carbocycles. The molecular formula is C7H12KN2O. The van der Waals surface area contributed by atoms with E-state index in [2.05, 4.69) is 5.32 Å². The van der Waals surface area contributed by atoms with Crippen LogP contribution in [0.2, 0.25) is 0 Å². The zero-order valence-corrected chi connectivity index (χ0v) is 10.0. The van der Waals surface area contributed by atoms with Gasteiger partial charge in [-0.05, 0) is 25.7 Å². The molecule has 0 fully saturated rings. The molecule has 0 heterocycles. The second kappa shape index (κ2) is 6.19. The molecule has 0 aromatic rings. The van der Waals surface area contributed by atoms with Crippen LogP contribution in [-0.4, -0.2) is 57.4 Å². The fourth-order valence-electron chi connectivity index (χ4n) is 1.11. The van der Waals surface area contributed by atoms with Gasteiger partial charge in [0.15, 0.2) is 0 Å². The SMILES string of the molecule is NC(=O)NC1=CCCCC1.[K]. The van der Waals surface area contributed by atoms with Crippen LogP contribution in [0.15, 0.2) is 11.8 Å². The number of hydrogen-bond donors (Lipinski definition) is 2. The van der Waals surface area contributed by atoms with Crippen molar-refractivity contribution in [3.8, 4) is 0 Å². The van der Waals surface area contributed by atoms with Crippen molar-refractivity contribution in [1.82, 2.24) is 5.32 Å². The number of carbonyl (C=O) groups excluding carboxylic acids is 1. The van der Waals surface area contributed by atoms with Gasteiger partial charge in [0.2, 0.25) is 0 Å². The van der Waals surface area contributed by atoms with Gasteiger partial charge in [0.1, 0.15) is 0 Å². The molecule has 1 radical (unpaired) electrons. The second-order valence-corrected chi connectivity index (χ2v) is 2.46. The molecule has 1 rings (SSSR count). The minimum atomic E-state index is -0.451. The van der Waals surface area contributed by atoms with Crippen LogP contribution in [0, 0.1) is 0 Å². The van der Waals surface area contributed by atoms with Gasteiger partial charge in [0.05, 0.1) is 0 Å². The molecule has 0 saturated heterocycles. The van der Waals surface area contributed by atoms with Crippen molar-refractivity contribution in [2.45, 2.75) is 25.7 Å². The van der Waals surface area contributed by atoms with E-state index >= 15 is 0 Å². The number of amides is 2. The molecule has 0 aromatic carbocycles. The second-order valence-electron chi connectivity index (χ2n) is 2.46. The Kier molecular flexibility index (Phi) is 6.56. The van der Waals surface area contributed by atoms with E-state index in [-0.39, 0.29) is 51.4 Å². The van der Waals surface area contributed by atoms with Gasteiger partial charge in [-0.1, -0.05) is 6.08 Å². The first-order chi connectivity index (χ1) is 4.79. The number of nitrogens with one attached hydrogen (secondary N) is 1. The summed E-state index contributed by atoms with van der Waals surface area (Å²) in [6.07, 6.45) is 6.45. The molecule has 1 aliphatic rings. The molecule has 2 amide bonds. The Balaban J connectivity index is 0.000001000. The summed E-state index contributed by atoms with van der Waals surface area (Å²) in [6, 6.07) is -0.451. The number of nitrogens with two attached hydrogens (primary N) is 1. The summed E-state index contributed by atoms with van der Waals surface area (Å²) in [5.41, 5.74) is 5.92. The van der Waals surface area contributed by atoms with Crippen molar-refractivity contribution in [1.29, 1.82) is 0 Å². The average molecular weight is 179 g/mol. The standard InChI is InChI=1S/C7H12N2O.K/c8-7(10)9-6-4-2-1-3-5-6;/h4H,1-3,5H2,(H3,8,9,10);. The van der Waals surface area contributed by atoms with E-state index in [1.54, 1.807) is 0 Å². The first-order valence-electron chi connectivity index (χ1n) is 3.54. The van der Waals surface area contributed by atoms with Gasteiger partial charge in [-0.3, -0.25) is 0 Å². The Bertz CT molecular complexity index is 168. The summed E-state index contributed by atoms with van der Waals surface area (Å²) in [5.74, 6) is 0. The van der Waals surface area contributed by atoms with Crippen molar-refractivity contribution in [2.75, 3.05) is 0 Å². The molecular weight excluding hydrogens is 167 g/mol. The molecule has 0 aliphatic heterocycles. The van der Waals surface area contributed by atoms with Crippen LogP contribution in [0.4, 0.5) is 4.79 Å². The van der Waals surface area contributed by atoms with E-state index in [9.17, 15) is 4.79 Å². The van der Waals surface area contributed by atoms with E-state index in [4.69, 9.17) is 5.73 Å². The molecule has 0 unspecified atom stereocenters. The van der Waals surface area contributed by atoms with E-state index in [1.165, 1.54) is 6.42 Å². The van der Waals surface area contributed by atoms with Crippen LogP contribution in [0.1, 0.15) is 25.7 Å². The number of allylic oxidation sites excluding steroid dienone is 2. The predicted octanol–water partition coefficient (Wildman–Crippen LogP) is 0.732. The number of rotatable bonds is 1. The van der Waals surface area contributed by atoms with E-state index in [1.807, 2.05) is 6.08 Å². The van der Waals surface area contributed by atoms with Gasteiger partial charge in [-0.25, -0.2) is 4.79 Å². The van der Waals surface area contributed by atoms with E-state index in [0.29, 0.717) is 0 Å². The van der Waals surface area contributed by atoms with Gasteiger partial charge in [-0.2, -0.15) is 0 Å². The Morgan fingerprint density at radius 2 is 2.27 bits per heavy atom. The van der Waals surface area contributed by atoms with Crippen LogP contribution >= 0.6 is 0 Å². The monoisotopic (exact) mass is 179 g/mol. The summed E-state index contributed by atoms with van der Waals surface area (Å²) in [7, 11) is 0. The maximum absolute atomic E-state index is 10.3. The zero-order chi connectivity index (χ0) is 7.40. The molecule has 0 bridgehead atoms. The average Bonchev–Trinajstić information content (AvgIpc) is 1.88. The van der Waals surface area contributed by atoms with E-state index in [0.717, 1.165) is 25.0 Å². The number of hydrogen-bond acceptors (Lipinski definition) is 1. The van der Waals surface area contributed by atoms with Gasteiger partial charge in [-0.15, -0.1) is 0 Å². The molecule has 0 saturated carbocycles. The molecule has 4 heteroatoms. The topological polar surface area (TPSA) is 55.1 Å². The third kappa shape index (κ3) is 4.98. The van der Waals surface area contributed by atoms with Crippen LogP contribution in [0.5, 0.6) is 0 Å². The fourth-order valence-corrected chi connectivity index (χ4v) is 1.11. The molecule has 3 nitrogen and oxygen atoms in total. The molecule has 0 aromatic heterocycles. The molecule has 0 atom stereocenters. The Labute approximate surface area is 109 Å². The van der Waals surface area contributed by atoms with Gasteiger partial charge in [0.25, 0.3) is 0 Å². The van der Waals surface area contributed by atoms with E-state index < -0.39 is 6.03 Å². The van der Waals surface area contributed by atoms with Crippen molar-refractivity contribution in [2.24, 2.45) is 5.73 Å². The molecule has 11 heavy (non-hydrogen) atoms. The third-order valence-corrected chi connectivity index (χ3v) is 1.57. The predicted molar refractivity (Wildman–Crippen MR) is 45.0 cm³/mol. The number of urea groups is 1. The number of carbonyl (C=O) groups is 1. The van der Waals surface area contributed by atoms with Gasteiger partial charge >= 0.3 is 6.03 Å². The smallest absolute Gasteiger partial charge is 0.316 e. The molecule has 57 valence electrons. The van der Waals surface area contributed by atoms with Crippen molar-refractivity contribution in [3.63, 3.8) is 0 Å². The third-order valence-electron chi connectivity index (χ3n) is 1.57. The van der Waals surface area contributed by atoms with Crippen molar-refractivity contribution in [3.05, 3.63) is 11.8 Å². The summed E-state index contributed by atoms with van der Waals surface area (Å²) >= 11 is 0. The summed E-state index contributed by atoms with van der Waals surface area (Å²) < 4.78 is 0. The van der Waals surface area contributed by atoms with Crippen LogP contribution in [-0.2, 0) is 0 Å². The molecule has 0 spiro atoms. The summed E-state index contributed by atoms with van der Waals surface area (Å²) in [4.78, 5) is 10.3. The van der Waals surface area contributed by atoms with Crippen LogP contribution in [0.3, 0.4) is 0 Å². The van der Waals surface area contributed by atoms with Crippen LogP contribution < -0.4 is 11.1 Å². The summed E-state index contributed by atoms with van der Waals surface area (Å²) in [6.45, 7) is 0. The number of primary amides is 1. The Morgan fingerprint density at radius 3 is 2.73 bits per heavy atom. The quantitative estimate of drug-likeness (QED) is 0.573. The van der Waals surface area contributed by atoms with Crippen molar-refractivity contribution < 1.29 is 4.79 Å². The fraction of sp³-hybridized carbons (Fsp3) is 0.571. The zero-order valence-electron chi connectivity index (χ0n) is 6.89.